The smallest absolute Gasteiger partial charge is 0.341 e. The molecule has 4 nitrogen and oxygen atoms in total. The van der Waals surface area contributed by atoms with E-state index in [1.54, 1.807) is 6.21 Å². The third kappa shape index (κ3) is 3.31. The van der Waals surface area contributed by atoms with Crippen LogP contribution in [0.5, 0.6) is 0 Å². The van der Waals surface area contributed by atoms with Crippen molar-refractivity contribution in [3.05, 3.63) is 71.9 Å². The molecule has 0 bridgehead atoms. The van der Waals surface area contributed by atoms with Gasteiger partial charge in [-0.05, 0) is 42.8 Å². The minimum absolute atomic E-state index is 0.243. The van der Waals surface area contributed by atoms with Crippen LogP contribution in [0.4, 0.5) is 19.0 Å². The quantitative estimate of drug-likeness (QED) is 0.365. The summed E-state index contributed by atoms with van der Waals surface area (Å²) in [5.74, 6) is 0.243. The number of aromatic nitrogens is 2. The fourth-order valence-corrected chi connectivity index (χ4v) is 3.29. The lowest BCUT2D eigenvalue weighted by atomic mass is 10.1. The zero-order chi connectivity index (χ0) is 19.7. The minimum atomic E-state index is -4.40. The number of nitrogens with one attached hydrogen (secondary N) is 1. The zero-order valence-corrected chi connectivity index (χ0v) is 15.0. The van der Waals surface area contributed by atoms with Crippen molar-refractivity contribution in [2.45, 2.75) is 19.6 Å². The number of aryl methyl sites for hydroxylation is 1. The predicted molar refractivity (Wildman–Crippen MR) is 106 cm³/mol. The highest BCUT2D eigenvalue weighted by atomic mass is 19.4. The molecule has 0 fully saturated rings. The molecule has 0 saturated carbocycles. The molecule has 2 heterocycles. The molecule has 0 aliphatic heterocycles. The van der Waals surface area contributed by atoms with E-state index in [1.165, 1.54) is 17.0 Å². The third-order valence-corrected chi connectivity index (χ3v) is 4.60. The van der Waals surface area contributed by atoms with Crippen LogP contribution in [-0.2, 0) is 12.7 Å². The van der Waals surface area contributed by atoms with Gasteiger partial charge in [-0.3, -0.25) is 5.43 Å². The van der Waals surface area contributed by atoms with Gasteiger partial charge in [0.2, 0.25) is 0 Å². The van der Waals surface area contributed by atoms with Gasteiger partial charge in [0.25, 0.3) is 0 Å². The maximum Gasteiger partial charge on any atom is 0.417 e. The van der Waals surface area contributed by atoms with Gasteiger partial charge < -0.3 is 4.57 Å². The number of fused-ring (bicyclic) bond motifs is 3. The largest absolute Gasteiger partial charge is 0.417 e. The van der Waals surface area contributed by atoms with Crippen LogP contribution >= 0.6 is 0 Å². The van der Waals surface area contributed by atoms with Crippen molar-refractivity contribution >= 4 is 33.8 Å². The Morgan fingerprint density at radius 1 is 1.04 bits per heavy atom. The number of halogens is 3. The summed E-state index contributed by atoms with van der Waals surface area (Å²) in [5.41, 5.74) is 5.08. The highest BCUT2D eigenvalue weighted by Crippen LogP contribution is 2.30. The van der Waals surface area contributed by atoms with Gasteiger partial charge in [0.15, 0.2) is 0 Å². The van der Waals surface area contributed by atoms with Gasteiger partial charge in [0, 0.05) is 34.5 Å². The Morgan fingerprint density at radius 2 is 1.82 bits per heavy atom. The molecule has 0 aliphatic rings. The Morgan fingerprint density at radius 3 is 2.54 bits per heavy atom. The van der Waals surface area contributed by atoms with E-state index in [0.717, 1.165) is 35.3 Å². The summed E-state index contributed by atoms with van der Waals surface area (Å²) in [5, 5.41) is 6.40. The number of para-hydroxylation sites is 1. The maximum atomic E-state index is 12.6. The van der Waals surface area contributed by atoms with Crippen LogP contribution in [0.1, 0.15) is 18.1 Å². The van der Waals surface area contributed by atoms with Crippen molar-refractivity contribution in [2.75, 3.05) is 5.43 Å². The van der Waals surface area contributed by atoms with Crippen LogP contribution in [-0.4, -0.2) is 15.8 Å². The zero-order valence-electron chi connectivity index (χ0n) is 15.0. The van der Waals surface area contributed by atoms with Crippen molar-refractivity contribution in [1.82, 2.24) is 9.55 Å². The summed E-state index contributed by atoms with van der Waals surface area (Å²) < 4.78 is 40.0. The molecule has 7 heteroatoms. The monoisotopic (exact) mass is 382 g/mol. The molecule has 1 N–H and O–H groups in total. The number of nitrogens with zero attached hydrogens (tertiary/aromatic N) is 3. The number of alkyl halides is 3. The average molecular weight is 382 g/mol. The van der Waals surface area contributed by atoms with E-state index >= 15 is 0 Å². The SMILES string of the molecule is CCn1c2ccccc2c2cc(/C=N/Nc3ccc(C(F)(F)F)cn3)ccc21. The molecule has 0 atom stereocenters. The van der Waals surface area contributed by atoms with Crippen molar-refractivity contribution in [1.29, 1.82) is 0 Å². The van der Waals surface area contributed by atoms with E-state index < -0.39 is 11.7 Å². The van der Waals surface area contributed by atoms with Crippen LogP contribution in [0.3, 0.4) is 0 Å². The number of pyridine rings is 1. The van der Waals surface area contributed by atoms with Crippen molar-refractivity contribution < 1.29 is 13.2 Å². The van der Waals surface area contributed by atoms with E-state index in [0.29, 0.717) is 0 Å². The maximum absolute atomic E-state index is 12.6. The van der Waals surface area contributed by atoms with Crippen molar-refractivity contribution in [3.8, 4) is 0 Å². The Balaban J connectivity index is 1.59. The topological polar surface area (TPSA) is 42.2 Å². The van der Waals surface area contributed by atoms with E-state index in [2.05, 4.69) is 51.3 Å². The lowest BCUT2D eigenvalue weighted by Gasteiger charge is -2.06. The number of anilines is 1. The Bertz CT molecular complexity index is 1160. The number of benzene rings is 2. The van der Waals surface area contributed by atoms with Gasteiger partial charge in [0.1, 0.15) is 5.82 Å². The van der Waals surface area contributed by atoms with Crippen molar-refractivity contribution in [2.24, 2.45) is 5.10 Å². The number of rotatable bonds is 4. The summed E-state index contributed by atoms with van der Waals surface area (Å²) in [7, 11) is 0. The summed E-state index contributed by atoms with van der Waals surface area (Å²) in [4.78, 5) is 3.73. The van der Waals surface area contributed by atoms with E-state index in [9.17, 15) is 13.2 Å². The molecule has 4 aromatic rings. The summed E-state index contributed by atoms with van der Waals surface area (Å²) in [6, 6.07) is 16.5. The van der Waals surface area contributed by atoms with Crippen LogP contribution in [0.25, 0.3) is 21.8 Å². The van der Waals surface area contributed by atoms with Crippen molar-refractivity contribution in [3.63, 3.8) is 0 Å². The van der Waals surface area contributed by atoms with Gasteiger partial charge in [-0.25, -0.2) is 4.98 Å². The van der Waals surface area contributed by atoms with Crippen LogP contribution < -0.4 is 5.43 Å². The molecule has 28 heavy (non-hydrogen) atoms. The summed E-state index contributed by atoms with van der Waals surface area (Å²) in [6.07, 6.45) is -2.00. The predicted octanol–water partition coefficient (Wildman–Crippen LogP) is 5.67. The number of hydrogen-bond acceptors (Lipinski definition) is 3. The average Bonchev–Trinajstić information content (AvgIpc) is 3.01. The lowest BCUT2D eigenvalue weighted by molar-refractivity contribution is -0.137. The molecule has 0 amide bonds. The first-order chi connectivity index (χ1) is 13.5. The lowest BCUT2D eigenvalue weighted by Crippen LogP contribution is -2.05. The highest BCUT2D eigenvalue weighted by molar-refractivity contribution is 6.09. The van der Waals surface area contributed by atoms with Gasteiger partial charge in [-0.2, -0.15) is 18.3 Å². The second kappa shape index (κ2) is 6.99. The minimum Gasteiger partial charge on any atom is -0.341 e. The second-order valence-electron chi connectivity index (χ2n) is 6.34. The van der Waals surface area contributed by atoms with Gasteiger partial charge in [0.05, 0.1) is 11.8 Å². The molecule has 0 spiro atoms. The van der Waals surface area contributed by atoms with E-state index in [4.69, 9.17) is 0 Å². The first kappa shape index (κ1) is 18.0. The van der Waals surface area contributed by atoms with Gasteiger partial charge in [-0.1, -0.05) is 24.3 Å². The van der Waals surface area contributed by atoms with Crippen LogP contribution in [0.15, 0.2) is 65.9 Å². The molecular weight excluding hydrogens is 365 g/mol. The second-order valence-corrected chi connectivity index (χ2v) is 6.34. The summed E-state index contributed by atoms with van der Waals surface area (Å²) in [6.45, 7) is 2.99. The molecular formula is C21H17F3N4. The Labute approximate surface area is 159 Å². The van der Waals surface area contributed by atoms with Crippen LogP contribution in [0, 0.1) is 0 Å². The molecule has 0 radical (unpaired) electrons. The molecule has 0 unspecified atom stereocenters. The van der Waals surface area contributed by atoms with Crippen LogP contribution in [0.2, 0.25) is 0 Å². The molecule has 142 valence electrons. The molecule has 0 aliphatic carbocycles. The molecule has 2 aromatic carbocycles. The van der Waals surface area contributed by atoms with Gasteiger partial charge in [-0.15, -0.1) is 0 Å². The fourth-order valence-electron chi connectivity index (χ4n) is 3.29. The molecule has 0 saturated heterocycles. The van der Waals surface area contributed by atoms with Gasteiger partial charge >= 0.3 is 6.18 Å². The Kier molecular flexibility index (Phi) is 4.50. The summed E-state index contributed by atoms with van der Waals surface area (Å²) >= 11 is 0. The number of hydrazone groups is 1. The highest BCUT2D eigenvalue weighted by Gasteiger charge is 2.30. The van der Waals surface area contributed by atoms with E-state index in [-0.39, 0.29) is 5.82 Å². The normalized spacial score (nSPS) is 12.3. The standard InChI is InChI=1S/C21H17F3N4/c1-2-28-18-6-4-3-5-16(18)17-11-14(7-9-19(17)28)12-26-27-20-10-8-15(13-25-20)21(22,23)24/h3-13H,2H2,1H3,(H,25,27)/b26-12+. The third-order valence-electron chi connectivity index (χ3n) is 4.60. The molecule has 2 aromatic heterocycles. The van der Waals surface area contributed by atoms with E-state index in [1.807, 2.05) is 18.2 Å². The first-order valence-corrected chi connectivity index (χ1v) is 8.80. The number of hydrogen-bond donors (Lipinski definition) is 1. The molecule has 4 rings (SSSR count). The first-order valence-electron chi connectivity index (χ1n) is 8.80. The Hall–Kier alpha value is -3.35. The fraction of sp³-hybridized carbons (Fsp3) is 0.143.